The minimum Gasteiger partial charge on any atom is -0.309 e. The molecule has 0 atom stereocenters. The van der Waals surface area contributed by atoms with E-state index >= 15 is 0 Å². The van der Waals surface area contributed by atoms with Gasteiger partial charge in [0.15, 0.2) is 0 Å². The normalized spacial score (nSPS) is 11.4. The Balaban J connectivity index is 1.57. The van der Waals surface area contributed by atoms with Crippen LogP contribution in [0.4, 0.5) is 0 Å². The lowest BCUT2D eigenvalue weighted by molar-refractivity contribution is 1.10. The first-order valence-electron chi connectivity index (χ1n) is 16.7. The molecule has 0 unspecified atom stereocenters. The lowest BCUT2D eigenvalue weighted by Crippen LogP contribution is -2.10. The van der Waals surface area contributed by atoms with E-state index in [0.717, 1.165) is 66.8 Å². The number of hydrogen-bond donors (Lipinski definition) is 0. The number of para-hydroxylation sites is 4. The average Bonchev–Trinajstić information content (AvgIpc) is 3.68. The van der Waals surface area contributed by atoms with E-state index in [1.807, 2.05) is 36.4 Å². The Labute approximate surface area is 289 Å². The highest BCUT2D eigenvalue weighted by atomic mass is 15.0. The summed E-state index contributed by atoms with van der Waals surface area (Å²) in [6, 6.07) is 55.0. The van der Waals surface area contributed by atoms with Gasteiger partial charge in [-0.15, -0.1) is 0 Å². The molecule has 0 amide bonds. The topological polar surface area (TPSA) is 57.4 Å². The Morgan fingerprint density at radius 2 is 0.740 bits per heavy atom. The standard InChI is InChI=1S/C46H30N4/c1-29-43(33-15-11-13-31(25-33)27-47)46(50-41-23-9-5-19-37(41)38-20-6-10-24-42(38)50)44(34-16-12-14-32(26-34)28-48)30(2)45(29)49-39-21-7-3-17-35(39)36-18-4-8-22-40(36)49/h3-26H,1-2H3. The van der Waals surface area contributed by atoms with Crippen molar-refractivity contribution in [3.63, 3.8) is 0 Å². The van der Waals surface area contributed by atoms with Crippen molar-refractivity contribution in [2.24, 2.45) is 0 Å². The minimum atomic E-state index is 0.599. The summed E-state index contributed by atoms with van der Waals surface area (Å²) >= 11 is 0. The summed E-state index contributed by atoms with van der Waals surface area (Å²) < 4.78 is 4.79. The molecule has 2 aromatic heterocycles. The van der Waals surface area contributed by atoms with Gasteiger partial charge in [-0.05, 0) is 84.6 Å². The zero-order valence-electron chi connectivity index (χ0n) is 27.6. The number of aromatic nitrogens is 2. The number of hydrogen-bond acceptors (Lipinski definition) is 2. The van der Waals surface area contributed by atoms with E-state index in [1.165, 1.54) is 21.5 Å². The number of nitriles is 2. The van der Waals surface area contributed by atoms with Crippen LogP contribution in [0, 0.1) is 36.5 Å². The molecule has 9 aromatic rings. The fourth-order valence-electron chi connectivity index (χ4n) is 8.08. The van der Waals surface area contributed by atoms with Crippen LogP contribution in [-0.2, 0) is 0 Å². The highest BCUT2D eigenvalue weighted by Crippen LogP contribution is 2.48. The van der Waals surface area contributed by atoms with E-state index in [0.29, 0.717) is 11.1 Å². The van der Waals surface area contributed by atoms with Crippen LogP contribution in [-0.4, -0.2) is 9.13 Å². The maximum absolute atomic E-state index is 10.1. The molecule has 0 aliphatic rings. The van der Waals surface area contributed by atoms with Crippen LogP contribution in [0.5, 0.6) is 0 Å². The number of benzene rings is 7. The molecule has 9 rings (SSSR count). The molecule has 0 aliphatic carbocycles. The van der Waals surface area contributed by atoms with Gasteiger partial charge in [-0.3, -0.25) is 0 Å². The Hall–Kier alpha value is -6.88. The number of fused-ring (bicyclic) bond motifs is 6. The first-order valence-corrected chi connectivity index (χ1v) is 16.7. The molecular formula is C46H30N4. The van der Waals surface area contributed by atoms with Crippen molar-refractivity contribution in [2.45, 2.75) is 13.8 Å². The molecular weight excluding hydrogens is 609 g/mol. The van der Waals surface area contributed by atoms with Gasteiger partial charge in [-0.2, -0.15) is 10.5 Å². The Morgan fingerprint density at radius 3 is 1.10 bits per heavy atom. The molecule has 0 saturated carbocycles. The van der Waals surface area contributed by atoms with E-state index in [4.69, 9.17) is 0 Å². The predicted molar refractivity (Wildman–Crippen MR) is 205 cm³/mol. The summed E-state index contributed by atoms with van der Waals surface area (Å²) in [7, 11) is 0. The molecule has 234 valence electrons. The summed E-state index contributed by atoms with van der Waals surface area (Å²) in [6.45, 7) is 4.43. The van der Waals surface area contributed by atoms with Crippen LogP contribution in [0.1, 0.15) is 22.3 Å². The van der Waals surface area contributed by atoms with E-state index in [9.17, 15) is 10.5 Å². The smallest absolute Gasteiger partial charge is 0.0991 e. The van der Waals surface area contributed by atoms with Gasteiger partial charge in [-0.1, -0.05) is 97.1 Å². The van der Waals surface area contributed by atoms with Crippen molar-refractivity contribution in [1.82, 2.24) is 9.13 Å². The van der Waals surface area contributed by atoms with Crippen molar-refractivity contribution in [3.8, 4) is 45.8 Å². The second kappa shape index (κ2) is 11.4. The highest BCUT2D eigenvalue weighted by molar-refractivity contribution is 6.12. The lowest BCUT2D eigenvalue weighted by atomic mass is 9.86. The lowest BCUT2D eigenvalue weighted by Gasteiger charge is -2.27. The van der Waals surface area contributed by atoms with Crippen LogP contribution in [0.2, 0.25) is 0 Å². The van der Waals surface area contributed by atoms with E-state index < -0.39 is 0 Å². The van der Waals surface area contributed by atoms with Crippen LogP contribution in [0.15, 0.2) is 146 Å². The fraction of sp³-hybridized carbons (Fsp3) is 0.0435. The first kappa shape index (κ1) is 29.3. The predicted octanol–water partition coefficient (Wildman–Crippen LogP) is 11.6. The Morgan fingerprint density at radius 1 is 0.400 bits per heavy atom. The van der Waals surface area contributed by atoms with Gasteiger partial charge in [0, 0.05) is 32.7 Å². The van der Waals surface area contributed by atoms with Gasteiger partial charge in [0.1, 0.15) is 0 Å². The third kappa shape index (κ3) is 4.23. The molecule has 0 spiro atoms. The second-order valence-electron chi connectivity index (χ2n) is 12.8. The van der Waals surface area contributed by atoms with Crippen LogP contribution >= 0.6 is 0 Å². The Kier molecular flexibility index (Phi) is 6.66. The van der Waals surface area contributed by atoms with Gasteiger partial charge in [-0.25, -0.2) is 0 Å². The quantitative estimate of drug-likeness (QED) is 0.193. The average molecular weight is 639 g/mol. The number of rotatable bonds is 4. The molecule has 50 heavy (non-hydrogen) atoms. The van der Waals surface area contributed by atoms with Gasteiger partial charge >= 0.3 is 0 Å². The molecule has 0 N–H and O–H groups in total. The first-order chi connectivity index (χ1) is 24.6. The van der Waals surface area contributed by atoms with Gasteiger partial charge < -0.3 is 9.13 Å². The third-order valence-electron chi connectivity index (χ3n) is 10.1. The number of nitrogens with zero attached hydrogens (tertiary/aromatic N) is 4. The van der Waals surface area contributed by atoms with Crippen LogP contribution in [0.3, 0.4) is 0 Å². The summed E-state index contributed by atoms with van der Waals surface area (Å²) in [5.41, 5.74) is 13.9. The third-order valence-corrected chi connectivity index (χ3v) is 10.1. The summed E-state index contributed by atoms with van der Waals surface area (Å²) in [6.07, 6.45) is 0. The van der Waals surface area contributed by atoms with Crippen molar-refractivity contribution in [3.05, 3.63) is 168 Å². The van der Waals surface area contributed by atoms with Crippen molar-refractivity contribution < 1.29 is 0 Å². The largest absolute Gasteiger partial charge is 0.309 e. The highest BCUT2D eigenvalue weighted by Gasteiger charge is 2.28. The molecule has 4 heteroatoms. The second-order valence-corrected chi connectivity index (χ2v) is 12.8. The zero-order chi connectivity index (χ0) is 33.9. The molecule has 0 fully saturated rings. The van der Waals surface area contributed by atoms with Crippen molar-refractivity contribution in [1.29, 1.82) is 10.5 Å². The van der Waals surface area contributed by atoms with Gasteiger partial charge in [0.05, 0.1) is 56.7 Å². The molecule has 0 aliphatic heterocycles. The fourth-order valence-corrected chi connectivity index (χ4v) is 8.08. The summed E-state index contributed by atoms with van der Waals surface area (Å²) in [4.78, 5) is 0. The maximum Gasteiger partial charge on any atom is 0.0991 e. The van der Waals surface area contributed by atoms with Crippen LogP contribution in [0.25, 0.3) is 77.2 Å². The molecule has 0 saturated heterocycles. The van der Waals surface area contributed by atoms with Gasteiger partial charge in [0.25, 0.3) is 0 Å². The Bertz CT molecular complexity index is 2730. The zero-order valence-corrected chi connectivity index (χ0v) is 27.6. The molecule has 0 bridgehead atoms. The monoisotopic (exact) mass is 638 g/mol. The maximum atomic E-state index is 10.1. The summed E-state index contributed by atoms with van der Waals surface area (Å²) in [5, 5.41) is 24.9. The SMILES string of the molecule is Cc1c(-c2cccc(C#N)c2)c(-n2c3ccccc3c3ccccc32)c(-c2cccc(C#N)c2)c(C)c1-n1c2ccccc2c2ccccc21. The summed E-state index contributed by atoms with van der Waals surface area (Å²) in [5.74, 6) is 0. The minimum absolute atomic E-state index is 0.599. The van der Waals surface area contributed by atoms with Gasteiger partial charge in [0.2, 0.25) is 0 Å². The van der Waals surface area contributed by atoms with Crippen LogP contribution < -0.4 is 0 Å². The van der Waals surface area contributed by atoms with E-state index in [2.05, 4.69) is 144 Å². The molecule has 2 heterocycles. The molecule has 0 radical (unpaired) electrons. The van der Waals surface area contributed by atoms with Crippen molar-refractivity contribution in [2.75, 3.05) is 0 Å². The van der Waals surface area contributed by atoms with E-state index in [1.54, 1.807) is 0 Å². The molecule has 7 aromatic carbocycles. The molecule has 4 nitrogen and oxygen atoms in total. The van der Waals surface area contributed by atoms with Crippen molar-refractivity contribution >= 4 is 43.6 Å². The van der Waals surface area contributed by atoms with E-state index in [-0.39, 0.29) is 0 Å².